The largest absolute Gasteiger partial charge is 0.392 e. The predicted octanol–water partition coefficient (Wildman–Crippen LogP) is 1.35. The van der Waals surface area contributed by atoms with Crippen LogP contribution in [0.2, 0.25) is 0 Å². The van der Waals surface area contributed by atoms with Gasteiger partial charge in [-0.25, -0.2) is 4.98 Å². The highest BCUT2D eigenvalue weighted by atomic mass is 16.3. The van der Waals surface area contributed by atoms with Crippen LogP contribution in [0.15, 0.2) is 12.4 Å². The Bertz CT molecular complexity index is 328. The normalized spacial score (nSPS) is 13.9. The molecule has 98 valence electrons. The molecule has 0 amide bonds. The zero-order valence-electron chi connectivity index (χ0n) is 11.4. The van der Waals surface area contributed by atoms with Crippen molar-refractivity contribution in [2.24, 2.45) is 12.5 Å². The van der Waals surface area contributed by atoms with Crippen molar-refractivity contribution < 1.29 is 5.11 Å². The molecule has 0 aliphatic heterocycles. The van der Waals surface area contributed by atoms with Gasteiger partial charge in [0.25, 0.3) is 0 Å². The molecule has 17 heavy (non-hydrogen) atoms. The van der Waals surface area contributed by atoms with Crippen molar-refractivity contribution in [3.63, 3.8) is 0 Å². The third kappa shape index (κ3) is 5.84. The first-order valence-corrected chi connectivity index (χ1v) is 6.23. The quantitative estimate of drug-likeness (QED) is 0.737. The lowest BCUT2D eigenvalue weighted by molar-refractivity contribution is 0.120. The maximum absolute atomic E-state index is 9.81. The van der Waals surface area contributed by atoms with Gasteiger partial charge in [0.15, 0.2) is 0 Å². The monoisotopic (exact) mass is 239 g/mol. The van der Waals surface area contributed by atoms with Gasteiger partial charge in [0.1, 0.15) is 5.82 Å². The highest BCUT2D eigenvalue weighted by molar-refractivity contribution is 4.91. The van der Waals surface area contributed by atoms with E-state index in [9.17, 15) is 5.11 Å². The molecule has 1 unspecified atom stereocenters. The van der Waals surface area contributed by atoms with E-state index in [0.717, 1.165) is 25.2 Å². The van der Waals surface area contributed by atoms with Crippen molar-refractivity contribution in [1.82, 2.24) is 14.9 Å². The molecular weight excluding hydrogens is 214 g/mol. The van der Waals surface area contributed by atoms with Crippen LogP contribution in [0.3, 0.4) is 0 Å². The molecule has 0 aliphatic carbocycles. The summed E-state index contributed by atoms with van der Waals surface area (Å²) in [5.74, 6) is 1.07. The van der Waals surface area contributed by atoms with Gasteiger partial charge in [0.2, 0.25) is 0 Å². The predicted molar refractivity (Wildman–Crippen MR) is 69.9 cm³/mol. The minimum absolute atomic E-state index is 0.181. The van der Waals surface area contributed by atoms with Gasteiger partial charge < -0.3 is 15.0 Å². The minimum Gasteiger partial charge on any atom is -0.392 e. The fraction of sp³-hybridized carbons (Fsp3) is 0.769. The lowest BCUT2D eigenvalue weighted by Gasteiger charge is -2.22. The van der Waals surface area contributed by atoms with E-state index < -0.39 is 0 Å². The highest BCUT2D eigenvalue weighted by Gasteiger charge is 2.16. The third-order valence-corrected chi connectivity index (χ3v) is 2.67. The van der Waals surface area contributed by atoms with E-state index in [2.05, 4.69) is 31.1 Å². The first kappa shape index (κ1) is 14.2. The fourth-order valence-electron chi connectivity index (χ4n) is 1.89. The Morgan fingerprint density at radius 1 is 1.47 bits per heavy atom. The van der Waals surface area contributed by atoms with E-state index in [1.54, 1.807) is 0 Å². The molecule has 0 aromatic carbocycles. The van der Waals surface area contributed by atoms with Gasteiger partial charge in [-0.1, -0.05) is 20.8 Å². The van der Waals surface area contributed by atoms with Gasteiger partial charge in [-0.2, -0.15) is 0 Å². The van der Waals surface area contributed by atoms with Gasteiger partial charge in [-0.3, -0.25) is 0 Å². The van der Waals surface area contributed by atoms with E-state index >= 15 is 0 Å². The topological polar surface area (TPSA) is 50.1 Å². The maximum Gasteiger partial charge on any atom is 0.109 e. The molecule has 1 rings (SSSR count). The molecule has 0 aliphatic rings. The number of aromatic nitrogens is 2. The fourth-order valence-corrected chi connectivity index (χ4v) is 1.89. The number of rotatable bonds is 6. The van der Waals surface area contributed by atoms with Crippen LogP contribution in [-0.4, -0.2) is 33.9 Å². The Morgan fingerprint density at radius 2 is 2.18 bits per heavy atom. The zero-order valence-corrected chi connectivity index (χ0v) is 11.4. The van der Waals surface area contributed by atoms with Crippen molar-refractivity contribution in [3.05, 3.63) is 18.2 Å². The average Bonchev–Trinajstić information content (AvgIpc) is 2.56. The third-order valence-electron chi connectivity index (χ3n) is 2.67. The SMILES string of the molecule is Cn1ccnc1CCNCC(O)CC(C)(C)C. The van der Waals surface area contributed by atoms with E-state index in [0.29, 0.717) is 6.54 Å². The summed E-state index contributed by atoms with van der Waals surface area (Å²) >= 11 is 0. The molecule has 0 spiro atoms. The summed E-state index contributed by atoms with van der Waals surface area (Å²) in [6.07, 6.45) is 5.21. The van der Waals surface area contributed by atoms with Gasteiger partial charge >= 0.3 is 0 Å². The number of aliphatic hydroxyl groups excluding tert-OH is 1. The van der Waals surface area contributed by atoms with Crippen molar-refractivity contribution in [2.75, 3.05) is 13.1 Å². The molecule has 4 nitrogen and oxygen atoms in total. The van der Waals surface area contributed by atoms with Gasteiger partial charge in [-0.15, -0.1) is 0 Å². The number of aliphatic hydroxyl groups is 1. The lowest BCUT2D eigenvalue weighted by atomic mass is 9.89. The second kappa shape index (κ2) is 6.17. The number of hydrogen-bond acceptors (Lipinski definition) is 3. The summed E-state index contributed by atoms with van der Waals surface area (Å²) in [6.45, 7) is 7.94. The van der Waals surface area contributed by atoms with Crippen molar-refractivity contribution in [3.8, 4) is 0 Å². The number of nitrogens with zero attached hydrogens (tertiary/aromatic N) is 2. The first-order valence-electron chi connectivity index (χ1n) is 6.23. The second-order valence-corrected chi connectivity index (χ2v) is 5.83. The summed E-state index contributed by atoms with van der Waals surface area (Å²) in [6, 6.07) is 0. The zero-order chi connectivity index (χ0) is 12.9. The minimum atomic E-state index is -0.267. The first-order chi connectivity index (χ1) is 7.88. The van der Waals surface area contributed by atoms with Crippen molar-refractivity contribution >= 4 is 0 Å². The van der Waals surface area contributed by atoms with Crippen molar-refractivity contribution in [1.29, 1.82) is 0 Å². The molecule has 1 aromatic rings. The maximum atomic E-state index is 9.81. The smallest absolute Gasteiger partial charge is 0.109 e. The molecule has 0 radical (unpaired) electrons. The van der Waals surface area contributed by atoms with Crippen LogP contribution in [0, 0.1) is 5.41 Å². The van der Waals surface area contributed by atoms with Crippen LogP contribution in [0.25, 0.3) is 0 Å². The number of imidazole rings is 1. The van der Waals surface area contributed by atoms with Gasteiger partial charge in [0, 0.05) is 39.0 Å². The Balaban J connectivity index is 2.14. The molecule has 1 atom stereocenters. The lowest BCUT2D eigenvalue weighted by Crippen LogP contribution is -2.31. The molecule has 0 saturated carbocycles. The van der Waals surface area contributed by atoms with E-state index in [4.69, 9.17) is 0 Å². The van der Waals surface area contributed by atoms with Crippen LogP contribution in [0.5, 0.6) is 0 Å². The Labute approximate surface area is 104 Å². The highest BCUT2D eigenvalue weighted by Crippen LogP contribution is 2.20. The summed E-state index contributed by atoms with van der Waals surface area (Å²) < 4.78 is 2.02. The Morgan fingerprint density at radius 3 is 2.71 bits per heavy atom. The summed E-state index contributed by atoms with van der Waals surface area (Å²) in [7, 11) is 2.00. The molecule has 0 fully saturated rings. The molecule has 0 saturated heterocycles. The summed E-state index contributed by atoms with van der Waals surface area (Å²) in [5.41, 5.74) is 0.181. The van der Waals surface area contributed by atoms with E-state index in [-0.39, 0.29) is 11.5 Å². The molecule has 2 N–H and O–H groups in total. The Hall–Kier alpha value is -0.870. The number of nitrogens with one attached hydrogen (secondary N) is 1. The number of hydrogen-bond donors (Lipinski definition) is 2. The molecule has 4 heteroatoms. The van der Waals surface area contributed by atoms with Crippen LogP contribution < -0.4 is 5.32 Å². The van der Waals surface area contributed by atoms with E-state index in [1.165, 1.54) is 0 Å². The van der Waals surface area contributed by atoms with Crippen LogP contribution in [-0.2, 0) is 13.5 Å². The standard InChI is InChI=1S/C13H25N3O/c1-13(2,3)9-11(17)10-14-6-5-12-15-7-8-16(12)4/h7-8,11,14,17H,5-6,9-10H2,1-4H3. The number of aryl methyl sites for hydroxylation is 1. The molecule has 1 aromatic heterocycles. The second-order valence-electron chi connectivity index (χ2n) is 5.83. The summed E-state index contributed by atoms with van der Waals surface area (Å²) in [4.78, 5) is 4.25. The Kier molecular flexibility index (Phi) is 5.15. The average molecular weight is 239 g/mol. The van der Waals surface area contributed by atoms with Gasteiger partial charge in [0.05, 0.1) is 6.10 Å². The summed E-state index contributed by atoms with van der Waals surface area (Å²) in [5, 5.41) is 13.1. The van der Waals surface area contributed by atoms with Crippen LogP contribution in [0.4, 0.5) is 0 Å². The molecule has 1 heterocycles. The molecular formula is C13H25N3O. The van der Waals surface area contributed by atoms with Crippen LogP contribution in [0.1, 0.15) is 33.0 Å². The van der Waals surface area contributed by atoms with Gasteiger partial charge in [-0.05, 0) is 11.8 Å². The van der Waals surface area contributed by atoms with Crippen LogP contribution >= 0.6 is 0 Å². The van der Waals surface area contributed by atoms with Crippen molar-refractivity contribution in [2.45, 2.75) is 39.7 Å². The van der Waals surface area contributed by atoms with E-state index in [1.807, 2.05) is 24.0 Å². The molecule has 0 bridgehead atoms.